The Hall–Kier alpha value is -2.81. The summed E-state index contributed by atoms with van der Waals surface area (Å²) in [5.74, 6) is -1.98. The lowest BCUT2D eigenvalue weighted by atomic mass is 9.73. The first-order chi connectivity index (χ1) is 18.3. The molecule has 212 valence electrons. The van der Waals surface area contributed by atoms with Gasteiger partial charge in [-0.1, -0.05) is 32.8 Å². The van der Waals surface area contributed by atoms with E-state index in [1.54, 1.807) is 39.2 Å². The minimum atomic E-state index is -1.32. The van der Waals surface area contributed by atoms with Gasteiger partial charge in [-0.25, -0.2) is 4.98 Å². The fourth-order valence-corrected chi connectivity index (χ4v) is 5.78. The molecule has 0 spiro atoms. The van der Waals surface area contributed by atoms with Gasteiger partial charge in [0.2, 0.25) is 0 Å². The van der Waals surface area contributed by atoms with Gasteiger partial charge in [0.15, 0.2) is 5.60 Å². The molecule has 0 aromatic carbocycles. The summed E-state index contributed by atoms with van der Waals surface area (Å²) in [6, 6.07) is 2.27. The molecule has 0 aliphatic carbocycles. The molecule has 11 nitrogen and oxygen atoms in total. The molecule has 0 saturated carbocycles. The predicted molar refractivity (Wildman–Crippen MR) is 144 cm³/mol. The number of hydrogen-bond donors (Lipinski definition) is 2. The van der Waals surface area contributed by atoms with Crippen molar-refractivity contribution in [2.75, 3.05) is 0 Å². The number of nitrogens with zero attached hydrogens (tertiary/aromatic N) is 5. The molecule has 2 fully saturated rings. The number of rotatable bonds is 4. The van der Waals surface area contributed by atoms with Gasteiger partial charge in [0.1, 0.15) is 24.1 Å². The fraction of sp³-hybridized carbons (Fsp3) is 0.704. The van der Waals surface area contributed by atoms with Gasteiger partial charge in [-0.15, -0.1) is 11.3 Å². The van der Waals surface area contributed by atoms with Gasteiger partial charge < -0.3 is 19.7 Å². The Morgan fingerprint density at radius 1 is 1.38 bits per heavy atom. The smallest absolute Gasteiger partial charge is 0.309 e. The number of Topliss-reactive ketones (excluding diaryl/α,β-unsaturated/α-hetero) is 1. The Morgan fingerprint density at radius 2 is 2.10 bits per heavy atom. The lowest BCUT2D eigenvalue weighted by Gasteiger charge is -2.34. The minimum absolute atomic E-state index is 0.133. The number of ether oxygens (including phenoxy) is 2. The van der Waals surface area contributed by atoms with Gasteiger partial charge in [0.25, 0.3) is 0 Å². The largest absolute Gasteiger partial charge is 0.458 e. The summed E-state index contributed by atoms with van der Waals surface area (Å²) in [5.41, 5.74) is 7.53. The third-order valence-electron chi connectivity index (χ3n) is 7.97. The zero-order chi connectivity index (χ0) is 29.0. The van der Waals surface area contributed by atoms with Gasteiger partial charge in [0.05, 0.1) is 41.3 Å². The van der Waals surface area contributed by atoms with Gasteiger partial charge in [-0.2, -0.15) is 5.26 Å². The summed E-state index contributed by atoms with van der Waals surface area (Å²) in [6.45, 7) is 8.56. The van der Waals surface area contributed by atoms with E-state index in [0.717, 1.165) is 0 Å². The number of aliphatic hydroxyl groups is 2. The summed E-state index contributed by atoms with van der Waals surface area (Å²) >= 11 is 1.34. The van der Waals surface area contributed by atoms with Crippen LogP contribution < -0.4 is 0 Å². The topological polar surface area (TPSA) is 182 Å². The second-order valence-electron chi connectivity index (χ2n) is 11.2. The summed E-state index contributed by atoms with van der Waals surface area (Å²) in [6.07, 6.45) is -0.193. The van der Waals surface area contributed by atoms with Crippen LogP contribution >= 0.6 is 11.3 Å². The van der Waals surface area contributed by atoms with Crippen molar-refractivity contribution < 1.29 is 29.3 Å². The summed E-state index contributed by atoms with van der Waals surface area (Å²) in [5, 5.41) is 37.6. The van der Waals surface area contributed by atoms with E-state index in [4.69, 9.17) is 15.0 Å². The Balaban J connectivity index is 1.88. The number of esters is 1. The van der Waals surface area contributed by atoms with E-state index in [0.29, 0.717) is 35.5 Å². The maximum atomic E-state index is 13.3. The molecule has 12 heteroatoms. The standard InChI is InChI=1S/C27H37N5O6S/c1-15-7-6-8-27(14-28)21(38-27)10-19(16(2)9-18-13-39-22(31-18)12-30-32-29)37-23(34)11-20(33)26(4,5)25(36)17(3)24(15)35/h9,13,15,17,19-21,24,33,35H,6-8,10-12H2,1-5H3. The van der Waals surface area contributed by atoms with Crippen LogP contribution in [0.3, 0.4) is 0 Å². The van der Waals surface area contributed by atoms with E-state index >= 15 is 0 Å². The molecule has 0 amide bonds. The Bertz CT molecular complexity index is 1190. The first-order valence-electron chi connectivity index (χ1n) is 13.2. The highest BCUT2D eigenvalue weighted by Crippen LogP contribution is 2.45. The molecule has 39 heavy (non-hydrogen) atoms. The summed E-state index contributed by atoms with van der Waals surface area (Å²) < 4.78 is 11.6. The number of cyclic esters (lactones) is 1. The van der Waals surface area contributed by atoms with Crippen LogP contribution in [0.15, 0.2) is 16.1 Å². The summed E-state index contributed by atoms with van der Waals surface area (Å²) in [4.78, 5) is 33.4. The van der Waals surface area contributed by atoms with Crippen LogP contribution in [0.4, 0.5) is 0 Å². The molecule has 7 atom stereocenters. The molecule has 0 radical (unpaired) electrons. The van der Waals surface area contributed by atoms with Crippen molar-refractivity contribution in [3.8, 4) is 6.07 Å². The molecular formula is C27H37N5O6S. The fourth-order valence-electron chi connectivity index (χ4n) is 5.11. The molecule has 3 heterocycles. The van der Waals surface area contributed by atoms with E-state index in [-0.39, 0.29) is 24.7 Å². The zero-order valence-corrected chi connectivity index (χ0v) is 23.8. The zero-order valence-electron chi connectivity index (χ0n) is 23.0. The highest BCUT2D eigenvalue weighted by atomic mass is 32.1. The van der Waals surface area contributed by atoms with Crippen molar-refractivity contribution in [3.05, 3.63) is 32.1 Å². The van der Waals surface area contributed by atoms with Crippen LogP contribution in [0.5, 0.6) is 0 Å². The highest BCUT2D eigenvalue weighted by Gasteiger charge is 2.57. The monoisotopic (exact) mass is 559 g/mol. The number of fused-ring (bicyclic) bond motifs is 1. The number of carbonyl (C=O) groups excluding carboxylic acids is 2. The lowest BCUT2D eigenvalue weighted by molar-refractivity contribution is -0.154. The van der Waals surface area contributed by atoms with Crippen molar-refractivity contribution >= 4 is 29.2 Å². The second kappa shape index (κ2) is 12.6. The normalized spacial score (nSPS) is 34.3. The first kappa shape index (κ1) is 30.7. The van der Waals surface area contributed by atoms with Gasteiger partial charge in [-0.05, 0) is 49.3 Å². The average Bonchev–Trinajstić information content (AvgIpc) is 3.39. The lowest BCUT2D eigenvalue weighted by Crippen LogP contribution is -2.45. The van der Waals surface area contributed by atoms with Crippen molar-refractivity contribution in [1.29, 1.82) is 5.26 Å². The van der Waals surface area contributed by atoms with Crippen LogP contribution in [0.25, 0.3) is 16.5 Å². The molecule has 2 aliphatic heterocycles. The second-order valence-corrected chi connectivity index (χ2v) is 12.2. The molecule has 1 aromatic heterocycles. The number of nitriles is 1. The van der Waals surface area contributed by atoms with Crippen molar-refractivity contribution in [1.82, 2.24) is 4.98 Å². The SMILES string of the molecule is CC(=Cc1csc(CN=[N+]=[N-])n1)C1CC2OC2(C#N)CCCC(C)C(O)C(C)C(=O)C(C)(C)C(O)CC(=O)O1. The van der Waals surface area contributed by atoms with Crippen molar-refractivity contribution in [2.45, 2.75) is 103 Å². The Kier molecular flexibility index (Phi) is 9.91. The molecular weight excluding hydrogens is 522 g/mol. The molecule has 2 saturated heterocycles. The van der Waals surface area contributed by atoms with E-state index in [9.17, 15) is 25.1 Å². The van der Waals surface area contributed by atoms with Crippen molar-refractivity contribution in [3.63, 3.8) is 0 Å². The quantitative estimate of drug-likeness (QED) is 0.178. The first-order valence-corrected chi connectivity index (χ1v) is 14.0. The third-order valence-corrected chi connectivity index (χ3v) is 8.83. The third kappa shape index (κ3) is 7.24. The van der Waals surface area contributed by atoms with Gasteiger partial charge in [-0.3, -0.25) is 9.59 Å². The van der Waals surface area contributed by atoms with E-state index in [2.05, 4.69) is 21.1 Å². The molecule has 2 aliphatic rings. The maximum Gasteiger partial charge on any atom is 0.309 e. The van der Waals surface area contributed by atoms with E-state index < -0.39 is 53.7 Å². The molecule has 1 aromatic rings. The number of aromatic nitrogens is 1. The van der Waals surface area contributed by atoms with Crippen LogP contribution in [-0.4, -0.2) is 57.0 Å². The Labute approximate surface area is 232 Å². The van der Waals surface area contributed by atoms with Gasteiger partial charge >= 0.3 is 5.97 Å². The molecule has 0 bridgehead atoms. The van der Waals surface area contributed by atoms with Crippen LogP contribution in [0.2, 0.25) is 0 Å². The number of epoxide rings is 1. The minimum Gasteiger partial charge on any atom is -0.458 e. The maximum absolute atomic E-state index is 13.3. The van der Waals surface area contributed by atoms with Crippen LogP contribution in [0.1, 0.15) is 77.4 Å². The number of thiazole rings is 1. The number of carbonyl (C=O) groups is 2. The predicted octanol–water partition coefficient (Wildman–Crippen LogP) is 4.48. The summed E-state index contributed by atoms with van der Waals surface area (Å²) in [7, 11) is 0. The van der Waals surface area contributed by atoms with Crippen molar-refractivity contribution in [2.24, 2.45) is 22.4 Å². The number of hydrogen-bond acceptors (Lipinski definition) is 10. The number of ketones is 1. The highest BCUT2D eigenvalue weighted by molar-refractivity contribution is 7.09. The molecule has 7 unspecified atom stereocenters. The van der Waals surface area contributed by atoms with Gasteiger partial charge in [0, 0.05) is 22.6 Å². The van der Waals surface area contributed by atoms with Crippen LogP contribution in [0, 0.1) is 28.6 Å². The molecule has 3 rings (SSSR count). The average molecular weight is 560 g/mol. The number of aliphatic hydroxyl groups excluding tert-OH is 2. The Morgan fingerprint density at radius 3 is 2.77 bits per heavy atom. The van der Waals surface area contributed by atoms with E-state index in [1.807, 2.05) is 6.92 Å². The van der Waals surface area contributed by atoms with E-state index in [1.165, 1.54) is 11.3 Å². The van der Waals surface area contributed by atoms with Crippen LogP contribution in [-0.2, 0) is 25.6 Å². The number of azide groups is 1. The molecule has 2 N–H and O–H groups in total.